The zero-order valence-electron chi connectivity index (χ0n) is 14.8. The van der Waals surface area contributed by atoms with Gasteiger partial charge < -0.3 is 5.11 Å². The number of carboxylic acid groups (broad SMARTS) is 1. The number of hydrogen-bond donors (Lipinski definition) is 1. The molecule has 1 N–H and O–H groups in total. The van der Waals surface area contributed by atoms with Gasteiger partial charge >= 0.3 is 5.97 Å². The van der Waals surface area contributed by atoms with Crippen LogP contribution in [0.1, 0.15) is 43.2 Å². The van der Waals surface area contributed by atoms with Crippen LogP contribution >= 0.6 is 11.8 Å². The Kier molecular flexibility index (Phi) is 7.05. The highest BCUT2D eigenvalue weighted by Crippen LogP contribution is 2.29. The normalized spacial score (nSPS) is 15.0. The Morgan fingerprint density at radius 1 is 1.12 bits per heavy atom. The summed E-state index contributed by atoms with van der Waals surface area (Å²) in [5.41, 5.74) is 2.32. The van der Waals surface area contributed by atoms with Crippen molar-refractivity contribution in [3.8, 4) is 0 Å². The molecule has 1 aromatic carbocycles. The van der Waals surface area contributed by atoms with Gasteiger partial charge in [-0.2, -0.15) is 0 Å². The number of anilines is 1. The maximum Gasteiger partial charge on any atom is 0.323 e. The number of para-hydroxylation sites is 1. The molecule has 0 aromatic heterocycles. The zero-order chi connectivity index (χ0) is 18.4. The highest BCUT2D eigenvalue weighted by atomic mass is 32.2. The molecule has 1 fully saturated rings. The molecule has 0 radical (unpaired) electrons. The summed E-state index contributed by atoms with van der Waals surface area (Å²) < 4.78 is 0. The summed E-state index contributed by atoms with van der Waals surface area (Å²) >= 11 is 1.03. The number of hydrogen-bond acceptors (Lipinski definition) is 4. The quantitative estimate of drug-likeness (QED) is 0.836. The Bertz CT molecular complexity index is 633. The average molecular weight is 363 g/mol. The number of thioether (sulfide) groups is 1. The van der Waals surface area contributed by atoms with Gasteiger partial charge in [-0.1, -0.05) is 49.2 Å². The predicted molar refractivity (Wildman–Crippen MR) is 99.9 cm³/mol. The van der Waals surface area contributed by atoms with Gasteiger partial charge in [-0.15, -0.1) is 0 Å². The SMILES string of the molecule is Cc1cccc(C)c1N(CC(=O)O)C(=O)CSC(=O)C1CCCCC1. The molecule has 1 aliphatic rings. The van der Waals surface area contributed by atoms with Crippen molar-refractivity contribution in [3.63, 3.8) is 0 Å². The average Bonchev–Trinajstić information content (AvgIpc) is 2.58. The molecule has 1 amide bonds. The molecule has 5 nitrogen and oxygen atoms in total. The van der Waals surface area contributed by atoms with E-state index in [0.717, 1.165) is 48.6 Å². The first-order valence-corrected chi connectivity index (χ1v) is 9.63. The number of carbonyl (C=O) groups excluding carboxylic acids is 2. The second-order valence-electron chi connectivity index (χ2n) is 6.56. The van der Waals surface area contributed by atoms with E-state index in [0.29, 0.717) is 5.69 Å². The standard InChI is InChI=1S/C19H25NO4S/c1-13-7-6-8-14(2)18(13)20(11-17(22)23)16(21)12-25-19(24)15-9-4-3-5-10-15/h6-8,15H,3-5,9-12H2,1-2H3,(H,22,23). The van der Waals surface area contributed by atoms with E-state index in [1.807, 2.05) is 32.0 Å². The van der Waals surface area contributed by atoms with Crippen molar-refractivity contribution in [1.82, 2.24) is 0 Å². The van der Waals surface area contributed by atoms with Gasteiger partial charge in [0.2, 0.25) is 5.91 Å². The van der Waals surface area contributed by atoms with Crippen LogP contribution < -0.4 is 4.90 Å². The number of nitrogens with zero attached hydrogens (tertiary/aromatic N) is 1. The number of aryl methyl sites for hydroxylation is 2. The highest BCUT2D eigenvalue weighted by molar-refractivity contribution is 8.14. The van der Waals surface area contributed by atoms with E-state index in [1.54, 1.807) is 0 Å². The van der Waals surface area contributed by atoms with Gasteiger partial charge in [-0.3, -0.25) is 19.3 Å². The lowest BCUT2D eigenvalue weighted by molar-refractivity contribution is -0.136. The van der Waals surface area contributed by atoms with Crippen molar-refractivity contribution >= 4 is 34.4 Å². The minimum atomic E-state index is -1.07. The molecule has 0 unspecified atom stereocenters. The molecule has 0 atom stereocenters. The molecule has 6 heteroatoms. The minimum Gasteiger partial charge on any atom is -0.480 e. The predicted octanol–water partition coefficient (Wildman–Crippen LogP) is 3.56. The summed E-state index contributed by atoms with van der Waals surface area (Å²) in [6.07, 6.45) is 5.11. The van der Waals surface area contributed by atoms with Gasteiger partial charge in [0.15, 0.2) is 5.12 Å². The monoisotopic (exact) mass is 363 g/mol. The Labute approximate surface area is 152 Å². The second-order valence-corrected chi connectivity index (χ2v) is 7.54. The minimum absolute atomic E-state index is 0.0175. The molecule has 25 heavy (non-hydrogen) atoms. The molecule has 0 aliphatic heterocycles. The number of rotatable bonds is 6. The van der Waals surface area contributed by atoms with Crippen LogP contribution in [0.15, 0.2) is 18.2 Å². The van der Waals surface area contributed by atoms with Crippen LogP contribution in [0.3, 0.4) is 0 Å². The lowest BCUT2D eigenvalue weighted by Crippen LogP contribution is -2.38. The lowest BCUT2D eigenvalue weighted by Gasteiger charge is -2.25. The van der Waals surface area contributed by atoms with Crippen LogP contribution in [-0.4, -0.2) is 34.4 Å². The van der Waals surface area contributed by atoms with E-state index < -0.39 is 12.5 Å². The fourth-order valence-electron chi connectivity index (χ4n) is 3.33. The van der Waals surface area contributed by atoms with Crippen LogP contribution in [0, 0.1) is 19.8 Å². The van der Waals surface area contributed by atoms with Gasteiger partial charge in [0.25, 0.3) is 0 Å². The second kappa shape index (κ2) is 9.04. The van der Waals surface area contributed by atoms with Crippen LogP contribution in [0.4, 0.5) is 5.69 Å². The molecule has 0 saturated heterocycles. The lowest BCUT2D eigenvalue weighted by atomic mass is 9.90. The van der Waals surface area contributed by atoms with E-state index in [-0.39, 0.29) is 22.7 Å². The number of aliphatic carboxylic acids is 1. The van der Waals surface area contributed by atoms with Gasteiger partial charge in [0.05, 0.1) is 11.4 Å². The maximum atomic E-state index is 12.7. The fraction of sp³-hybridized carbons (Fsp3) is 0.526. The van der Waals surface area contributed by atoms with Crippen LogP contribution in [0.25, 0.3) is 0 Å². The van der Waals surface area contributed by atoms with Crippen molar-refractivity contribution in [1.29, 1.82) is 0 Å². The first-order chi connectivity index (χ1) is 11.9. The highest BCUT2D eigenvalue weighted by Gasteiger charge is 2.26. The van der Waals surface area contributed by atoms with Crippen LogP contribution in [0.5, 0.6) is 0 Å². The number of carboxylic acids is 1. The van der Waals surface area contributed by atoms with Crippen molar-refractivity contribution in [2.24, 2.45) is 5.92 Å². The zero-order valence-corrected chi connectivity index (χ0v) is 15.6. The van der Waals surface area contributed by atoms with Crippen molar-refractivity contribution in [2.45, 2.75) is 46.0 Å². The van der Waals surface area contributed by atoms with E-state index in [1.165, 1.54) is 11.3 Å². The molecule has 0 bridgehead atoms. The Balaban J connectivity index is 2.08. The summed E-state index contributed by atoms with van der Waals surface area (Å²) in [7, 11) is 0. The summed E-state index contributed by atoms with van der Waals surface area (Å²) in [4.78, 5) is 37.5. The molecular weight excluding hydrogens is 338 g/mol. The van der Waals surface area contributed by atoms with Crippen molar-refractivity contribution in [3.05, 3.63) is 29.3 Å². The first-order valence-electron chi connectivity index (χ1n) is 8.65. The third-order valence-corrected chi connectivity index (χ3v) is 5.59. The van der Waals surface area contributed by atoms with Crippen molar-refractivity contribution in [2.75, 3.05) is 17.2 Å². The number of amides is 1. The molecule has 2 rings (SSSR count). The summed E-state index contributed by atoms with van der Waals surface area (Å²) in [5, 5.41) is 9.25. The molecule has 1 aromatic rings. The first kappa shape index (κ1) is 19.5. The van der Waals surface area contributed by atoms with Crippen LogP contribution in [-0.2, 0) is 14.4 Å². The van der Waals surface area contributed by atoms with E-state index in [4.69, 9.17) is 0 Å². The Morgan fingerprint density at radius 2 is 1.72 bits per heavy atom. The molecule has 0 spiro atoms. The van der Waals surface area contributed by atoms with Crippen molar-refractivity contribution < 1.29 is 19.5 Å². The molecule has 1 aliphatic carbocycles. The smallest absolute Gasteiger partial charge is 0.323 e. The fourth-order valence-corrected chi connectivity index (χ4v) is 4.22. The summed E-state index contributed by atoms with van der Waals surface area (Å²) in [5.74, 6) is -1.38. The summed E-state index contributed by atoms with van der Waals surface area (Å²) in [6, 6.07) is 5.58. The van der Waals surface area contributed by atoms with E-state index >= 15 is 0 Å². The number of benzene rings is 1. The molecular formula is C19H25NO4S. The molecule has 1 saturated carbocycles. The molecule has 136 valence electrons. The van der Waals surface area contributed by atoms with Crippen LogP contribution in [0.2, 0.25) is 0 Å². The van der Waals surface area contributed by atoms with E-state index in [2.05, 4.69) is 0 Å². The van der Waals surface area contributed by atoms with Gasteiger partial charge in [-0.05, 0) is 37.8 Å². The molecule has 0 heterocycles. The van der Waals surface area contributed by atoms with E-state index in [9.17, 15) is 19.5 Å². The summed E-state index contributed by atoms with van der Waals surface area (Å²) in [6.45, 7) is 3.30. The topological polar surface area (TPSA) is 74.7 Å². The van der Waals surface area contributed by atoms with Gasteiger partial charge in [0.1, 0.15) is 6.54 Å². The third-order valence-electron chi connectivity index (χ3n) is 4.58. The Morgan fingerprint density at radius 3 is 2.28 bits per heavy atom. The maximum absolute atomic E-state index is 12.7. The third kappa shape index (κ3) is 5.33. The number of carbonyl (C=O) groups is 3. The largest absolute Gasteiger partial charge is 0.480 e. The van der Waals surface area contributed by atoms with Gasteiger partial charge in [0, 0.05) is 5.92 Å². The Hall–Kier alpha value is -1.82. The van der Waals surface area contributed by atoms with Gasteiger partial charge in [-0.25, -0.2) is 0 Å².